The Bertz CT molecular complexity index is 369. The zero-order chi connectivity index (χ0) is 12.3. The lowest BCUT2D eigenvalue weighted by Gasteiger charge is -2.38. The molecular weight excluding hydrogens is 214 g/mol. The molecule has 0 amide bonds. The number of ether oxygens (including phenoxy) is 1. The lowest BCUT2D eigenvalue weighted by atomic mass is 9.92. The minimum Gasteiger partial charge on any atom is -0.481 e. The Kier molecular flexibility index (Phi) is 3.84. The fourth-order valence-corrected chi connectivity index (χ4v) is 2.45. The molecule has 2 N–H and O–H groups in total. The first-order valence-electron chi connectivity index (χ1n) is 6.22. The third-order valence-corrected chi connectivity index (χ3v) is 3.46. The van der Waals surface area contributed by atoms with Gasteiger partial charge in [-0.05, 0) is 24.8 Å². The van der Waals surface area contributed by atoms with Crippen LogP contribution in [0.1, 0.15) is 19.8 Å². The van der Waals surface area contributed by atoms with E-state index in [0.717, 1.165) is 24.7 Å². The second-order valence-corrected chi connectivity index (χ2v) is 4.75. The number of nitrogens with zero attached hydrogens (tertiary/aromatic N) is 2. The summed E-state index contributed by atoms with van der Waals surface area (Å²) in [4.78, 5) is 6.79. The molecule has 1 aromatic heterocycles. The van der Waals surface area contributed by atoms with Crippen LogP contribution >= 0.6 is 0 Å². The zero-order valence-electron chi connectivity index (χ0n) is 10.6. The molecule has 1 aliphatic heterocycles. The Morgan fingerprint density at radius 2 is 2.35 bits per heavy atom. The van der Waals surface area contributed by atoms with E-state index < -0.39 is 0 Å². The van der Waals surface area contributed by atoms with Gasteiger partial charge in [0.05, 0.1) is 7.11 Å². The molecule has 2 heterocycles. The Labute approximate surface area is 103 Å². The van der Waals surface area contributed by atoms with E-state index in [2.05, 4.69) is 16.8 Å². The van der Waals surface area contributed by atoms with Gasteiger partial charge in [-0.1, -0.05) is 13.0 Å². The van der Waals surface area contributed by atoms with Crippen LogP contribution in [0, 0.1) is 5.92 Å². The summed E-state index contributed by atoms with van der Waals surface area (Å²) in [5, 5.41) is 0. The van der Waals surface area contributed by atoms with Crippen molar-refractivity contribution in [2.45, 2.75) is 25.8 Å². The van der Waals surface area contributed by atoms with Gasteiger partial charge in [0, 0.05) is 25.2 Å². The van der Waals surface area contributed by atoms with Gasteiger partial charge in [-0.15, -0.1) is 0 Å². The second-order valence-electron chi connectivity index (χ2n) is 4.75. The molecule has 1 aliphatic rings. The minimum absolute atomic E-state index is 0.401. The standard InChI is InChI=1S/C13H21N3O/c1-10-6-7-16(11(8-10)9-14)12-4-3-5-13(15-12)17-2/h3-5,10-11H,6-9,14H2,1-2H3. The van der Waals surface area contributed by atoms with Gasteiger partial charge >= 0.3 is 0 Å². The van der Waals surface area contributed by atoms with Crippen LogP contribution in [-0.4, -0.2) is 31.2 Å². The van der Waals surface area contributed by atoms with E-state index >= 15 is 0 Å². The largest absolute Gasteiger partial charge is 0.481 e. The highest BCUT2D eigenvalue weighted by atomic mass is 16.5. The van der Waals surface area contributed by atoms with Gasteiger partial charge in [0.25, 0.3) is 0 Å². The molecule has 2 rings (SSSR count). The number of piperidine rings is 1. The van der Waals surface area contributed by atoms with E-state index in [4.69, 9.17) is 10.5 Å². The summed E-state index contributed by atoms with van der Waals surface area (Å²) in [6, 6.07) is 6.28. The number of anilines is 1. The Hall–Kier alpha value is -1.29. The van der Waals surface area contributed by atoms with E-state index in [-0.39, 0.29) is 0 Å². The predicted molar refractivity (Wildman–Crippen MR) is 69.4 cm³/mol. The summed E-state index contributed by atoms with van der Waals surface area (Å²) in [6.45, 7) is 4.01. The van der Waals surface area contributed by atoms with Crippen LogP contribution in [0.5, 0.6) is 5.88 Å². The third kappa shape index (κ3) is 2.69. The van der Waals surface area contributed by atoms with Gasteiger partial charge in [0.2, 0.25) is 5.88 Å². The van der Waals surface area contributed by atoms with Crippen LogP contribution in [0.4, 0.5) is 5.82 Å². The van der Waals surface area contributed by atoms with Crippen LogP contribution in [0.25, 0.3) is 0 Å². The van der Waals surface area contributed by atoms with Gasteiger partial charge in [-0.2, -0.15) is 4.98 Å². The lowest BCUT2D eigenvalue weighted by molar-refractivity contribution is 0.361. The molecule has 94 valence electrons. The molecule has 0 saturated carbocycles. The molecule has 1 saturated heterocycles. The molecule has 4 heteroatoms. The monoisotopic (exact) mass is 235 g/mol. The number of aromatic nitrogens is 1. The maximum Gasteiger partial charge on any atom is 0.214 e. The van der Waals surface area contributed by atoms with E-state index in [9.17, 15) is 0 Å². The van der Waals surface area contributed by atoms with Crippen molar-refractivity contribution in [3.05, 3.63) is 18.2 Å². The summed E-state index contributed by atoms with van der Waals surface area (Å²) in [7, 11) is 1.64. The van der Waals surface area contributed by atoms with E-state index in [1.165, 1.54) is 6.42 Å². The van der Waals surface area contributed by atoms with E-state index in [0.29, 0.717) is 18.5 Å². The fraction of sp³-hybridized carbons (Fsp3) is 0.615. The van der Waals surface area contributed by atoms with Crippen LogP contribution < -0.4 is 15.4 Å². The molecule has 2 atom stereocenters. The summed E-state index contributed by atoms with van der Waals surface area (Å²) in [5.74, 6) is 2.40. The van der Waals surface area contributed by atoms with Crippen molar-refractivity contribution in [1.82, 2.24) is 4.98 Å². The number of hydrogen-bond donors (Lipinski definition) is 1. The summed E-state index contributed by atoms with van der Waals surface area (Å²) in [6.07, 6.45) is 2.35. The molecule has 0 aromatic carbocycles. The average Bonchev–Trinajstić information content (AvgIpc) is 2.38. The van der Waals surface area contributed by atoms with Gasteiger partial charge in [0.15, 0.2) is 0 Å². The molecule has 0 radical (unpaired) electrons. The minimum atomic E-state index is 0.401. The maximum absolute atomic E-state index is 5.86. The van der Waals surface area contributed by atoms with E-state index in [1.807, 2.05) is 18.2 Å². The van der Waals surface area contributed by atoms with Crippen molar-refractivity contribution in [3.63, 3.8) is 0 Å². The van der Waals surface area contributed by atoms with Crippen molar-refractivity contribution in [1.29, 1.82) is 0 Å². The molecule has 0 spiro atoms. The van der Waals surface area contributed by atoms with Crippen LogP contribution in [0.15, 0.2) is 18.2 Å². The second kappa shape index (κ2) is 5.36. The van der Waals surface area contributed by atoms with Gasteiger partial charge < -0.3 is 15.4 Å². The molecule has 2 unspecified atom stereocenters. The van der Waals surface area contributed by atoms with Gasteiger partial charge in [0.1, 0.15) is 5.82 Å². The topological polar surface area (TPSA) is 51.4 Å². The van der Waals surface area contributed by atoms with Crippen molar-refractivity contribution in [3.8, 4) is 5.88 Å². The van der Waals surface area contributed by atoms with Crippen molar-refractivity contribution in [2.24, 2.45) is 11.7 Å². The normalized spacial score (nSPS) is 24.8. The molecule has 17 heavy (non-hydrogen) atoms. The first-order valence-corrected chi connectivity index (χ1v) is 6.22. The predicted octanol–water partition coefficient (Wildman–Crippen LogP) is 1.65. The molecule has 1 aromatic rings. The highest BCUT2D eigenvalue weighted by molar-refractivity contribution is 5.42. The number of rotatable bonds is 3. The van der Waals surface area contributed by atoms with E-state index in [1.54, 1.807) is 7.11 Å². The molecule has 1 fully saturated rings. The quantitative estimate of drug-likeness (QED) is 0.865. The van der Waals surface area contributed by atoms with Crippen LogP contribution in [-0.2, 0) is 0 Å². The number of hydrogen-bond acceptors (Lipinski definition) is 4. The van der Waals surface area contributed by atoms with Gasteiger partial charge in [-0.3, -0.25) is 0 Å². The molecule has 4 nitrogen and oxygen atoms in total. The smallest absolute Gasteiger partial charge is 0.214 e. The highest BCUT2D eigenvalue weighted by Crippen LogP contribution is 2.27. The Balaban J connectivity index is 2.19. The van der Waals surface area contributed by atoms with Crippen LogP contribution in [0.2, 0.25) is 0 Å². The number of pyridine rings is 1. The SMILES string of the molecule is COc1cccc(N2CCC(C)CC2CN)n1. The van der Waals surface area contributed by atoms with Crippen molar-refractivity contribution >= 4 is 5.82 Å². The van der Waals surface area contributed by atoms with Crippen molar-refractivity contribution in [2.75, 3.05) is 25.1 Å². The average molecular weight is 235 g/mol. The molecular formula is C13H21N3O. The first kappa shape index (κ1) is 12.2. The highest BCUT2D eigenvalue weighted by Gasteiger charge is 2.26. The summed E-state index contributed by atoms with van der Waals surface area (Å²) >= 11 is 0. The van der Waals surface area contributed by atoms with Gasteiger partial charge in [-0.25, -0.2) is 0 Å². The number of nitrogens with two attached hydrogens (primary N) is 1. The molecule has 0 aliphatic carbocycles. The molecule has 0 bridgehead atoms. The fourth-order valence-electron chi connectivity index (χ4n) is 2.45. The maximum atomic E-state index is 5.86. The third-order valence-electron chi connectivity index (χ3n) is 3.46. The summed E-state index contributed by atoms with van der Waals surface area (Å²) in [5.41, 5.74) is 5.86. The first-order chi connectivity index (χ1) is 8.24. The Morgan fingerprint density at radius 1 is 1.53 bits per heavy atom. The number of methoxy groups -OCH3 is 1. The van der Waals surface area contributed by atoms with Crippen molar-refractivity contribution < 1.29 is 4.74 Å². The summed E-state index contributed by atoms with van der Waals surface area (Å²) < 4.78 is 5.17. The lowest BCUT2D eigenvalue weighted by Crippen LogP contribution is -2.46. The zero-order valence-corrected chi connectivity index (χ0v) is 10.6. The Morgan fingerprint density at radius 3 is 3.06 bits per heavy atom. The van der Waals surface area contributed by atoms with Crippen LogP contribution in [0.3, 0.4) is 0 Å².